The summed E-state index contributed by atoms with van der Waals surface area (Å²) in [7, 11) is 0. The molecule has 0 amide bonds. The standard InChI is InChI=1S/C63H102O6/c1-4-7-10-13-16-19-22-25-28-30-31-33-35-38-41-44-47-50-53-56-62(65)68-59-60(58-67-61(64)55-52-49-46-43-40-37-34-27-24-21-18-15-12-9-6-3)69-63(66)57-54-51-48-45-42-39-36-32-29-26-23-20-17-14-11-8-5-2/h7,10,16-17,19-21,24-26,28-29,31,33,36,38-39,41,47,50,60H,4-6,8-9,11-15,18,22-23,27,30,32,34-35,37,40,42-46,48-49,51-59H2,1-3H3/b10-7-,19-16-,20-17-,24-21-,28-25-,29-26-,33-31-,39-36-,41-38-,50-47-/t60-/m0/s1. The van der Waals surface area contributed by atoms with Gasteiger partial charge < -0.3 is 14.2 Å². The summed E-state index contributed by atoms with van der Waals surface area (Å²) in [6.07, 6.45) is 77.6. The van der Waals surface area contributed by atoms with Gasteiger partial charge >= 0.3 is 17.9 Å². The van der Waals surface area contributed by atoms with Gasteiger partial charge in [-0.05, 0) is 122 Å². The van der Waals surface area contributed by atoms with Crippen LogP contribution < -0.4 is 0 Å². The Labute approximate surface area is 424 Å². The second-order valence-electron chi connectivity index (χ2n) is 18.1. The summed E-state index contributed by atoms with van der Waals surface area (Å²) in [5, 5.41) is 0. The molecular weight excluding hydrogens is 853 g/mol. The SMILES string of the molecule is CC/C=C\C/C=C\C/C=C\C/C=C\C/C=C\C/C=C\CCC(=O)OC[C@H](COC(=O)CCCCCCCCC/C=C\CCCCCC)OC(=O)CCCCCC/C=C\C/C=C\C/C=C\CCCCC. The van der Waals surface area contributed by atoms with Crippen LogP contribution in [0.15, 0.2) is 122 Å². The van der Waals surface area contributed by atoms with E-state index in [4.69, 9.17) is 14.2 Å². The van der Waals surface area contributed by atoms with Crippen molar-refractivity contribution in [1.82, 2.24) is 0 Å². The minimum atomic E-state index is -0.826. The zero-order valence-corrected chi connectivity index (χ0v) is 44.5. The molecule has 0 radical (unpaired) electrons. The van der Waals surface area contributed by atoms with Crippen molar-refractivity contribution < 1.29 is 28.6 Å². The van der Waals surface area contributed by atoms with Gasteiger partial charge in [-0.2, -0.15) is 0 Å². The highest BCUT2D eigenvalue weighted by molar-refractivity contribution is 5.71. The first-order valence-corrected chi connectivity index (χ1v) is 28.0. The fourth-order valence-electron chi connectivity index (χ4n) is 7.23. The number of unbranched alkanes of at least 4 members (excludes halogenated alkanes) is 18. The van der Waals surface area contributed by atoms with Crippen molar-refractivity contribution >= 4 is 17.9 Å². The molecule has 390 valence electrons. The normalized spacial score (nSPS) is 13.0. The number of esters is 3. The summed E-state index contributed by atoms with van der Waals surface area (Å²) in [6, 6.07) is 0. The predicted octanol–water partition coefficient (Wildman–Crippen LogP) is 18.9. The minimum Gasteiger partial charge on any atom is -0.462 e. The van der Waals surface area contributed by atoms with E-state index in [1.807, 2.05) is 12.2 Å². The van der Waals surface area contributed by atoms with Crippen LogP contribution in [0.3, 0.4) is 0 Å². The molecule has 0 aliphatic heterocycles. The molecule has 0 saturated heterocycles. The Hall–Kier alpha value is -4.19. The van der Waals surface area contributed by atoms with Crippen LogP contribution in [0, 0.1) is 0 Å². The van der Waals surface area contributed by atoms with Crippen LogP contribution in [0.4, 0.5) is 0 Å². The van der Waals surface area contributed by atoms with Crippen LogP contribution in [0.25, 0.3) is 0 Å². The maximum absolute atomic E-state index is 12.8. The molecule has 0 aromatic carbocycles. The van der Waals surface area contributed by atoms with Crippen LogP contribution >= 0.6 is 0 Å². The maximum atomic E-state index is 12.8. The van der Waals surface area contributed by atoms with E-state index in [1.165, 1.54) is 89.9 Å². The topological polar surface area (TPSA) is 78.9 Å². The number of carbonyl (C=O) groups is 3. The molecule has 0 heterocycles. The van der Waals surface area contributed by atoms with Gasteiger partial charge in [0, 0.05) is 19.3 Å². The third-order valence-corrected chi connectivity index (χ3v) is 11.4. The van der Waals surface area contributed by atoms with E-state index >= 15 is 0 Å². The van der Waals surface area contributed by atoms with E-state index in [0.29, 0.717) is 12.8 Å². The van der Waals surface area contributed by atoms with Crippen LogP contribution in [0.2, 0.25) is 0 Å². The number of carbonyl (C=O) groups excluding carboxylic acids is 3. The van der Waals surface area contributed by atoms with Gasteiger partial charge in [-0.25, -0.2) is 0 Å². The maximum Gasteiger partial charge on any atom is 0.306 e. The second kappa shape index (κ2) is 56.4. The Morgan fingerprint density at radius 3 is 1.01 bits per heavy atom. The number of hydrogen-bond donors (Lipinski definition) is 0. The molecule has 6 nitrogen and oxygen atoms in total. The summed E-state index contributed by atoms with van der Waals surface area (Å²) in [6.45, 7) is 6.39. The zero-order valence-electron chi connectivity index (χ0n) is 44.5. The summed E-state index contributed by atoms with van der Waals surface area (Å²) in [4.78, 5) is 38.1. The fraction of sp³-hybridized carbons (Fsp3) is 0.635. The predicted molar refractivity (Wildman–Crippen MR) is 297 cm³/mol. The van der Waals surface area contributed by atoms with E-state index < -0.39 is 6.10 Å². The molecular formula is C63H102O6. The third-order valence-electron chi connectivity index (χ3n) is 11.4. The Balaban J connectivity index is 4.57. The average Bonchev–Trinajstić information content (AvgIpc) is 3.35. The van der Waals surface area contributed by atoms with Crippen LogP contribution in [-0.2, 0) is 28.6 Å². The molecule has 0 rings (SSSR count). The largest absolute Gasteiger partial charge is 0.462 e. The van der Waals surface area contributed by atoms with Crippen molar-refractivity contribution in [2.24, 2.45) is 0 Å². The van der Waals surface area contributed by atoms with Gasteiger partial charge in [-0.3, -0.25) is 14.4 Å². The van der Waals surface area contributed by atoms with Gasteiger partial charge in [-0.15, -0.1) is 0 Å². The number of allylic oxidation sites excluding steroid dienone is 20. The first kappa shape index (κ1) is 64.8. The molecule has 0 bridgehead atoms. The van der Waals surface area contributed by atoms with Gasteiger partial charge in [0.25, 0.3) is 0 Å². The van der Waals surface area contributed by atoms with E-state index in [1.54, 1.807) is 0 Å². The Morgan fingerprint density at radius 2 is 0.594 bits per heavy atom. The molecule has 0 spiro atoms. The molecule has 0 fully saturated rings. The first-order valence-electron chi connectivity index (χ1n) is 28.0. The van der Waals surface area contributed by atoms with Crippen LogP contribution in [0.5, 0.6) is 0 Å². The number of hydrogen-bond acceptors (Lipinski definition) is 6. The van der Waals surface area contributed by atoms with E-state index in [-0.39, 0.29) is 44.0 Å². The summed E-state index contributed by atoms with van der Waals surface area (Å²) in [5.41, 5.74) is 0. The van der Waals surface area contributed by atoms with Crippen LogP contribution in [-0.4, -0.2) is 37.2 Å². The molecule has 0 N–H and O–H groups in total. The molecule has 69 heavy (non-hydrogen) atoms. The summed E-state index contributed by atoms with van der Waals surface area (Å²) < 4.78 is 16.8. The van der Waals surface area contributed by atoms with Crippen molar-refractivity contribution in [3.05, 3.63) is 122 Å². The van der Waals surface area contributed by atoms with Gasteiger partial charge in [0.15, 0.2) is 6.10 Å². The Bertz CT molecular complexity index is 1470. The monoisotopic (exact) mass is 955 g/mol. The van der Waals surface area contributed by atoms with Gasteiger partial charge in [0.1, 0.15) is 13.2 Å². The fourth-order valence-corrected chi connectivity index (χ4v) is 7.23. The minimum absolute atomic E-state index is 0.116. The van der Waals surface area contributed by atoms with Gasteiger partial charge in [0.05, 0.1) is 0 Å². The molecule has 0 saturated carbocycles. The average molecular weight is 956 g/mol. The molecule has 0 aromatic heterocycles. The lowest BCUT2D eigenvalue weighted by Gasteiger charge is -2.18. The molecule has 0 aliphatic rings. The van der Waals surface area contributed by atoms with E-state index in [0.717, 1.165) is 103 Å². The highest BCUT2D eigenvalue weighted by atomic mass is 16.6. The summed E-state index contributed by atoms with van der Waals surface area (Å²) in [5.74, 6) is -1.03. The molecule has 0 aromatic rings. The smallest absolute Gasteiger partial charge is 0.306 e. The summed E-state index contributed by atoms with van der Waals surface area (Å²) >= 11 is 0. The van der Waals surface area contributed by atoms with Crippen LogP contribution in [0.1, 0.15) is 239 Å². The molecule has 0 aliphatic carbocycles. The van der Waals surface area contributed by atoms with Crippen molar-refractivity contribution in [1.29, 1.82) is 0 Å². The number of ether oxygens (including phenoxy) is 3. The van der Waals surface area contributed by atoms with E-state index in [9.17, 15) is 14.4 Å². The second-order valence-corrected chi connectivity index (χ2v) is 18.1. The highest BCUT2D eigenvalue weighted by Crippen LogP contribution is 2.13. The third kappa shape index (κ3) is 54.6. The Kier molecular flexibility index (Phi) is 53.0. The molecule has 0 unspecified atom stereocenters. The van der Waals surface area contributed by atoms with Gasteiger partial charge in [-0.1, -0.05) is 219 Å². The van der Waals surface area contributed by atoms with Crippen molar-refractivity contribution in [2.45, 2.75) is 245 Å². The lowest BCUT2D eigenvalue weighted by Crippen LogP contribution is -2.30. The first-order chi connectivity index (χ1) is 34.0. The van der Waals surface area contributed by atoms with Crippen molar-refractivity contribution in [2.75, 3.05) is 13.2 Å². The van der Waals surface area contributed by atoms with E-state index in [2.05, 4.69) is 130 Å². The lowest BCUT2D eigenvalue weighted by atomic mass is 10.1. The lowest BCUT2D eigenvalue weighted by molar-refractivity contribution is -0.166. The van der Waals surface area contributed by atoms with Crippen molar-refractivity contribution in [3.63, 3.8) is 0 Å². The quantitative estimate of drug-likeness (QED) is 0.0262. The molecule has 1 atom stereocenters. The van der Waals surface area contributed by atoms with Crippen molar-refractivity contribution in [3.8, 4) is 0 Å². The highest BCUT2D eigenvalue weighted by Gasteiger charge is 2.19. The Morgan fingerprint density at radius 1 is 0.304 bits per heavy atom. The van der Waals surface area contributed by atoms with Gasteiger partial charge in [0.2, 0.25) is 0 Å². The number of rotatable bonds is 49. The zero-order chi connectivity index (χ0) is 50.0. The molecule has 6 heteroatoms.